The second-order valence-electron chi connectivity index (χ2n) is 4.73. The molecule has 1 aromatic rings. The SMILES string of the molecule is CCC(C)(C)OCc1cc(CNC)c(C)o1. The van der Waals surface area contributed by atoms with Crippen LogP contribution in [0, 0.1) is 6.92 Å². The van der Waals surface area contributed by atoms with Gasteiger partial charge in [0.05, 0.1) is 5.60 Å². The lowest BCUT2D eigenvalue weighted by Gasteiger charge is -2.22. The van der Waals surface area contributed by atoms with Gasteiger partial charge >= 0.3 is 0 Å². The molecule has 0 saturated carbocycles. The first-order valence-electron chi connectivity index (χ1n) is 5.85. The highest BCUT2D eigenvalue weighted by Gasteiger charge is 2.16. The van der Waals surface area contributed by atoms with Crippen LogP contribution in [0.5, 0.6) is 0 Å². The molecular formula is C13H23NO2. The molecule has 0 radical (unpaired) electrons. The van der Waals surface area contributed by atoms with Crippen molar-refractivity contribution in [2.24, 2.45) is 0 Å². The van der Waals surface area contributed by atoms with E-state index < -0.39 is 0 Å². The summed E-state index contributed by atoms with van der Waals surface area (Å²) in [4.78, 5) is 0. The number of hydrogen-bond acceptors (Lipinski definition) is 3. The monoisotopic (exact) mass is 225 g/mol. The number of furan rings is 1. The van der Waals surface area contributed by atoms with Gasteiger partial charge in [-0.25, -0.2) is 0 Å². The Kier molecular flexibility index (Phi) is 4.56. The molecule has 0 aliphatic heterocycles. The average Bonchev–Trinajstić information content (AvgIpc) is 2.58. The largest absolute Gasteiger partial charge is 0.464 e. The molecular weight excluding hydrogens is 202 g/mol. The Labute approximate surface area is 98.2 Å². The topological polar surface area (TPSA) is 34.4 Å². The van der Waals surface area contributed by atoms with Crippen molar-refractivity contribution < 1.29 is 9.15 Å². The molecule has 0 atom stereocenters. The minimum absolute atomic E-state index is 0.0795. The summed E-state index contributed by atoms with van der Waals surface area (Å²) in [6, 6.07) is 2.07. The third-order valence-electron chi connectivity index (χ3n) is 2.90. The smallest absolute Gasteiger partial charge is 0.130 e. The molecule has 0 unspecified atom stereocenters. The second kappa shape index (κ2) is 5.51. The highest BCUT2D eigenvalue weighted by molar-refractivity contribution is 5.20. The second-order valence-corrected chi connectivity index (χ2v) is 4.73. The van der Waals surface area contributed by atoms with E-state index >= 15 is 0 Å². The number of rotatable bonds is 6. The minimum Gasteiger partial charge on any atom is -0.464 e. The molecule has 0 fully saturated rings. The van der Waals surface area contributed by atoms with Crippen LogP contribution in [-0.2, 0) is 17.9 Å². The van der Waals surface area contributed by atoms with E-state index in [2.05, 4.69) is 32.2 Å². The number of nitrogens with one attached hydrogen (secondary N) is 1. The van der Waals surface area contributed by atoms with Crippen LogP contribution in [0.3, 0.4) is 0 Å². The van der Waals surface area contributed by atoms with Crippen LogP contribution in [0.2, 0.25) is 0 Å². The zero-order chi connectivity index (χ0) is 12.2. The van der Waals surface area contributed by atoms with E-state index in [1.807, 2.05) is 14.0 Å². The van der Waals surface area contributed by atoms with Gasteiger partial charge in [-0.3, -0.25) is 0 Å². The van der Waals surface area contributed by atoms with Gasteiger partial charge in [-0.2, -0.15) is 0 Å². The fourth-order valence-corrected chi connectivity index (χ4v) is 1.39. The molecule has 1 rings (SSSR count). The maximum Gasteiger partial charge on any atom is 0.130 e. The Morgan fingerprint density at radius 1 is 1.44 bits per heavy atom. The standard InChI is InChI=1S/C13H23NO2/c1-6-13(3,4)15-9-12-7-11(8-14-5)10(2)16-12/h7,14H,6,8-9H2,1-5H3. The Balaban J connectivity index is 2.58. The summed E-state index contributed by atoms with van der Waals surface area (Å²) in [6.45, 7) is 9.69. The van der Waals surface area contributed by atoms with Crippen molar-refractivity contribution in [1.82, 2.24) is 5.32 Å². The van der Waals surface area contributed by atoms with Crippen molar-refractivity contribution in [3.05, 3.63) is 23.2 Å². The molecule has 0 aliphatic carbocycles. The van der Waals surface area contributed by atoms with Crippen molar-refractivity contribution in [2.75, 3.05) is 7.05 Å². The molecule has 92 valence electrons. The number of ether oxygens (including phenoxy) is 1. The van der Waals surface area contributed by atoms with Crippen LogP contribution < -0.4 is 5.32 Å². The summed E-state index contributed by atoms with van der Waals surface area (Å²) in [5.74, 6) is 1.88. The summed E-state index contributed by atoms with van der Waals surface area (Å²) in [5.41, 5.74) is 1.12. The van der Waals surface area contributed by atoms with Gasteiger partial charge in [0.15, 0.2) is 0 Å². The van der Waals surface area contributed by atoms with Gasteiger partial charge in [0, 0.05) is 12.1 Å². The molecule has 0 spiro atoms. The van der Waals surface area contributed by atoms with E-state index in [1.54, 1.807) is 0 Å². The van der Waals surface area contributed by atoms with Crippen LogP contribution in [-0.4, -0.2) is 12.6 Å². The molecule has 0 saturated heterocycles. The minimum atomic E-state index is -0.0795. The molecule has 1 N–H and O–H groups in total. The van der Waals surface area contributed by atoms with Gasteiger partial charge in [0.1, 0.15) is 18.1 Å². The van der Waals surface area contributed by atoms with Crippen LogP contribution >= 0.6 is 0 Å². The van der Waals surface area contributed by atoms with Crippen molar-refractivity contribution in [3.8, 4) is 0 Å². The van der Waals surface area contributed by atoms with Gasteiger partial charge in [-0.15, -0.1) is 0 Å². The predicted molar refractivity (Wildman–Crippen MR) is 65.4 cm³/mol. The zero-order valence-electron chi connectivity index (χ0n) is 11.0. The molecule has 0 aliphatic rings. The number of aryl methyl sites for hydroxylation is 1. The predicted octanol–water partition coefficient (Wildman–Crippen LogP) is 3.01. The number of hydrogen-bond donors (Lipinski definition) is 1. The van der Waals surface area contributed by atoms with Gasteiger partial charge in [-0.1, -0.05) is 6.92 Å². The van der Waals surface area contributed by atoms with E-state index in [1.165, 1.54) is 5.56 Å². The molecule has 1 aromatic heterocycles. The average molecular weight is 225 g/mol. The molecule has 3 heteroatoms. The van der Waals surface area contributed by atoms with Crippen LogP contribution in [0.1, 0.15) is 44.3 Å². The lowest BCUT2D eigenvalue weighted by molar-refractivity contribution is -0.0385. The highest BCUT2D eigenvalue weighted by atomic mass is 16.5. The highest BCUT2D eigenvalue weighted by Crippen LogP contribution is 2.20. The zero-order valence-corrected chi connectivity index (χ0v) is 11.0. The molecule has 0 aromatic carbocycles. The fourth-order valence-electron chi connectivity index (χ4n) is 1.39. The van der Waals surface area contributed by atoms with Gasteiger partial charge in [0.25, 0.3) is 0 Å². The van der Waals surface area contributed by atoms with Crippen molar-refractivity contribution >= 4 is 0 Å². The lowest BCUT2D eigenvalue weighted by atomic mass is 10.1. The first-order valence-corrected chi connectivity index (χ1v) is 5.85. The molecule has 0 bridgehead atoms. The van der Waals surface area contributed by atoms with Crippen molar-refractivity contribution in [1.29, 1.82) is 0 Å². The lowest BCUT2D eigenvalue weighted by Crippen LogP contribution is -2.22. The van der Waals surface area contributed by atoms with E-state index in [9.17, 15) is 0 Å². The van der Waals surface area contributed by atoms with Crippen molar-refractivity contribution in [2.45, 2.75) is 52.9 Å². The third-order valence-corrected chi connectivity index (χ3v) is 2.90. The van der Waals surface area contributed by atoms with Gasteiger partial charge in [-0.05, 0) is 40.3 Å². The van der Waals surface area contributed by atoms with Crippen LogP contribution in [0.15, 0.2) is 10.5 Å². The summed E-state index contributed by atoms with van der Waals surface area (Å²) in [6.07, 6.45) is 0.996. The normalized spacial score (nSPS) is 12.1. The molecule has 1 heterocycles. The maximum absolute atomic E-state index is 5.80. The Morgan fingerprint density at radius 2 is 2.12 bits per heavy atom. The van der Waals surface area contributed by atoms with E-state index in [0.29, 0.717) is 6.61 Å². The van der Waals surface area contributed by atoms with Gasteiger partial charge in [0.2, 0.25) is 0 Å². The molecule has 16 heavy (non-hydrogen) atoms. The third kappa shape index (κ3) is 3.65. The summed E-state index contributed by atoms with van der Waals surface area (Å²) >= 11 is 0. The maximum atomic E-state index is 5.80. The molecule has 3 nitrogen and oxygen atoms in total. The summed E-state index contributed by atoms with van der Waals surface area (Å²) in [7, 11) is 1.93. The van der Waals surface area contributed by atoms with Crippen LogP contribution in [0.25, 0.3) is 0 Å². The summed E-state index contributed by atoms with van der Waals surface area (Å²) < 4.78 is 11.4. The van der Waals surface area contributed by atoms with Crippen LogP contribution in [0.4, 0.5) is 0 Å². The first-order chi connectivity index (χ1) is 7.48. The Hall–Kier alpha value is -0.800. The van der Waals surface area contributed by atoms with E-state index in [4.69, 9.17) is 9.15 Å². The molecule has 0 amide bonds. The first kappa shape index (κ1) is 13.3. The van der Waals surface area contributed by atoms with Gasteiger partial charge < -0.3 is 14.5 Å². The summed E-state index contributed by atoms with van der Waals surface area (Å²) in [5, 5.41) is 3.12. The Bertz CT molecular complexity index is 329. The Morgan fingerprint density at radius 3 is 2.69 bits per heavy atom. The quantitative estimate of drug-likeness (QED) is 0.808. The van der Waals surface area contributed by atoms with E-state index in [0.717, 1.165) is 24.5 Å². The van der Waals surface area contributed by atoms with E-state index in [-0.39, 0.29) is 5.60 Å². The van der Waals surface area contributed by atoms with Crippen molar-refractivity contribution in [3.63, 3.8) is 0 Å². The fraction of sp³-hybridized carbons (Fsp3) is 0.692.